The van der Waals surface area contributed by atoms with Crippen molar-refractivity contribution in [3.05, 3.63) is 107 Å². The minimum atomic E-state index is -5.01. The van der Waals surface area contributed by atoms with Crippen LogP contribution in [0.5, 0.6) is 0 Å². The number of esters is 4. The van der Waals surface area contributed by atoms with Gasteiger partial charge in [0.05, 0.1) is 58.5 Å². The van der Waals surface area contributed by atoms with Crippen LogP contribution in [0, 0.1) is 0 Å². The zero-order chi connectivity index (χ0) is 67.4. The number of benzene rings is 2. The monoisotopic (exact) mass is 1360 g/mol. The molecule has 17 heteroatoms. The summed E-state index contributed by atoms with van der Waals surface area (Å²) in [6.45, 7) is 9.32. The molecular formula is C76H122CaO14S2. The van der Waals surface area contributed by atoms with E-state index in [1.807, 2.05) is 0 Å². The van der Waals surface area contributed by atoms with Crippen molar-refractivity contribution in [2.45, 2.75) is 320 Å². The molecule has 524 valence electrons. The summed E-state index contributed by atoms with van der Waals surface area (Å²) in [7, 11) is -10.0. The van der Waals surface area contributed by atoms with Gasteiger partial charge in [-0.2, -0.15) is 0 Å². The average molecular weight is 1360 g/mol. The van der Waals surface area contributed by atoms with Gasteiger partial charge in [-0.25, -0.2) is 36.0 Å². The third kappa shape index (κ3) is 48.7. The van der Waals surface area contributed by atoms with Crippen molar-refractivity contribution < 1.29 is 64.1 Å². The standard InChI is InChI=1S/2C38H62O7S.Ca/c2*1-3-5-7-9-11-13-15-17-19-21-23-25-27-32-44-37(39)34-30-29-31-35(46(41,42)43)36(34)38(40)45-33-28-26-24-22-20-18-16-14-12-10-8-6-4-2;/h2*15-18,29-31H,3-14,19-28,32-33H2,1-2H3,(H,41,42,43);/q;;+2/p-2/b2*17-15+,18-16+;. The Labute approximate surface area is 595 Å². The van der Waals surface area contributed by atoms with E-state index < -0.39 is 65.0 Å². The summed E-state index contributed by atoms with van der Waals surface area (Å²) in [6, 6.07) is 7.16. The Bertz CT molecular complexity index is 2400. The Balaban J connectivity index is 0.00000180. The Kier molecular flexibility index (Phi) is 59.5. The van der Waals surface area contributed by atoms with Gasteiger partial charge in [0.2, 0.25) is 0 Å². The summed E-state index contributed by atoms with van der Waals surface area (Å²) in [5, 5.41) is 0. The van der Waals surface area contributed by atoms with Gasteiger partial charge in [-0.15, -0.1) is 0 Å². The normalized spacial score (nSPS) is 11.8. The van der Waals surface area contributed by atoms with E-state index in [4.69, 9.17) is 18.9 Å². The molecule has 0 bridgehead atoms. The molecule has 0 atom stereocenters. The molecule has 0 amide bonds. The number of rotatable bonds is 58. The molecule has 0 aromatic heterocycles. The molecule has 14 nitrogen and oxygen atoms in total. The Morgan fingerprint density at radius 1 is 0.301 bits per heavy atom. The van der Waals surface area contributed by atoms with Crippen LogP contribution < -0.4 is 0 Å². The maximum absolute atomic E-state index is 12.9. The second-order valence-electron chi connectivity index (χ2n) is 24.3. The zero-order valence-corrected chi connectivity index (χ0v) is 62.1. The van der Waals surface area contributed by atoms with E-state index in [2.05, 4.69) is 76.3 Å². The molecule has 0 radical (unpaired) electrons. The molecule has 93 heavy (non-hydrogen) atoms. The fraction of sp³-hybridized carbons (Fsp3) is 0.684. The van der Waals surface area contributed by atoms with E-state index in [1.165, 1.54) is 153 Å². The van der Waals surface area contributed by atoms with E-state index in [0.717, 1.165) is 141 Å². The number of hydrogen-bond acceptors (Lipinski definition) is 14. The summed E-state index contributed by atoms with van der Waals surface area (Å²) in [6.07, 6.45) is 66.6. The molecule has 0 aliphatic heterocycles. The summed E-state index contributed by atoms with van der Waals surface area (Å²) in [5.74, 6) is -3.68. The molecule has 2 aromatic rings. The van der Waals surface area contributed by atoms with Crippen molar-refractivity contribution in [2.75, 3.05) is 26.4 Å². The van der Waals surface area contributed by atoms with Crippen molar-refractivity contribution in [1.82, 2.24) is 0 Å². The smallest absolute Gasteiger partial charge is 0.744 e. The third-order valence-electron chi connectivity index (χ3n) is 16.0. The van der Waals surface area contributed by atoms with Crippen molar-refractivity contribution in [2.24, 2.45) is 0 Å². The number of carbonyl (C=O) groups is 4. The van der Waals surface area contributed by atoms with Crippen LogP contribution in [-0.2, 0) is 39.2 Å². The van der Waals surface area contributed by atoms with Crippen LogP contribution in [-0.4, -0.2) is 114 Å². The Hall–Kier alpha value is -3.64. The first kappa shape index (κ1) is 89.4. The minimum Gasteiger partial charge on any atom is -0.744 e. The Morgan fingerprint density at radius 3 is 0.699 bits per heavy atom. The quantitative estimate of drug-likeness (QED) is 0.0150. The van der Waals surface area contributed by atoms with Crippen LogP contribution in [0.25, 0.3) is 0 Å². The predicted octanol–water partition coefficient (Wildman–Crippen LogP) is 20.9. The Morgan fingerprint density at radius 2 is 0.495 bits per heavy atom. The van der Waals surface area contributed by atoms with Crippen LogP contribution in [0.2, 0.25) is 0 Å². The SMILES string of the molecule is CCCCCCC/C=C/CCCCCCOC(=O)c1cccc(S(=O)(=O)[O-])c1C(=O)OCCCCCC/C=C/CCCCCCC.CCCCCCC/C=C/CCCCCCOC(=O)c1cccc(S(=O)(=O)[O-])c1C(=O)OCCCCCC/C=C/CCCCCCC.[Ca+2]. The fourth-order valence-electron chi connectivity index (χ4n) is 10.5. The van der Waals surface area contributed by atoms with E-state index in [9.17, 15) is 45.1 Å². The van der Waals surface area contributed by atoms with Gasteiger partial charge >= 0.3 is 61.6 Å². The van der Waals surface area contributed by atoms with Gasteiger partial charge in [0.25, 0.3) is 0 Å². The molecular weight excluding hydrogens is 1240 g/mol. The molecule has 0 unspecified atom stereocenters. The minimum absolute atomic E-state index is 0. The molecule has 0 saturated heterocycles. The van der Waals surface area contributed by atoms with Gasteiger partial charge in [0.1, 0.15) is 20.2 Å². The zero-order valence-electron chi connectivity index (χ0n) is 58.3. The summed E-state index contributed by atoms with van der Waals surface area (Å²) in [5.41, 5.74) is -1.61. The molecule has 0 saturated carbocycles. The molecule has 0 N–H and O–H groups in total. The van der Waals surface area contributed by atoms with E-state index >= 15 is 0 Å². The molecule has 0 heterocycles. The molecule has 2 aromatic carbocycles. The molecule has 2 rings (SSSR count). The number of ether oxygens (including phenoxy) is 4. The predicted molar refractivity (Wildman–Crippen MR) is 378 cm³/mol. The fourth-order valence-corrected chi connectivity index (χ4v) is 11.9. The van der Waals surface area contributed by atoms with Crippen molar-refractivity contribution in [1.29, 1.82) is 0 Å². The third-order valence-corrected chi connectivity index (χ3v) is 17.8. The topological polar surface area (TPSA) is 220 Å². The van der Waals surface area contributed by atoms with Crippen LogP contribution in [0.15, 0.2) is 94.8 Å². The van der Waals surface area contributed by atoms with Crippen LogP contribution in [0.4, 0.5) is 0 Å². The van der Waals surface area contributed by atoms with E-state index in [0.29, 0.717) is 25.7 Å². The summed E-state index contributed by atoms with van der Waals surface area (Å²) < 4.78 is 92.8. The van der Waals surface area contributed by atoms with Gasteiger partial charge in [0.15, 0.2) is 0 Å². The van der Waals surface area contributed by atoms with E-state index in [-0.39, 0.29) is 75.3 Å². The van der Waals surface area contributed by atoms with Gasteiger partial charge < -0.3 is 28.1 Å². The van der Waals surface area contributed by atoms with Gasteiger partial charge in [-0.3, -0.25) is 0 Å². The first-order valence-electron chi connectivity index (χ1n) is 36.1. The first-order chi connectivity index (χ1) is 44.6. The van der Waals surface area contributed by atoms with Crippen LogP contribution in [0.3, 0.4) is 0 Å². The number of unbranched alkanes of at least 4 members (excludes halogenated alkanes) is 36. The number of allylic oxidation sites excluding steroid dienone is 8. The van der Waals surface area contributed by atoms with Gasteiger partial charge in [0, 0.05) is 0 Å². The van der Waals surface area contributed by atoms with E-state index in [1.54, 1.807) is 0 Å². The first-order valence-corrected chi connectivity index (χ1v) is 38.9. The van der Waals surface area contributed by atoms with Crippen molar-refractivity contribution in [3.8, 4) is 0 Å². The average Bonchev–Trinajstić information content (AvgIpc) is 0.820. The number of hydrogen-bond donors (Lipinski definition) is 0. The maximum Gasteiger partial charge on any atom is 2.00 e. The molecule has 0 aliphatic carbocycles. The maximum atomic E-state index is 12.9. The second-order valence-corrected chi connectivity index (χ2v) is 27.0. The molecule has 0 aliphatic rings. The van der Waals surface area contributed by atoms with Crippen LogP contribution >= 0.6 is 0 Å². The van der Waals surface area contributed by atoms with Gasteiger partial charge in [-0.1, -0.05) is 243 Å². The summed E-state index contributed by atoms with van der Waals surface area (Å²) >= 11 is 0. The van der Waals surface area contributed by atoms with Crippen molar-refractivity contribution >= 4 is 81.9 Å². The van der Waals surface area contributed by atoms with Crippen molar-refractivity contribution in [3.63, 3.8) is 0 Å². The van der Waals surface area contributed by atoms with Crippen LogP contribution in [0.1, 0.15) is 352 Å². The van der Waals surface area contributed by atoms with Gasteiger partial charge in [-0.05, 0) is 153 Å². The largest absolute Gasteiger partial charge is 2.00 e. The second kappa shape index (κ2) is 61.9. The molecule has 0 spiro atoms. The molecule has 0 fully saturated rings. The summed E-state index contributed by atoms with van der Waals surface area (Å²) in [4.78, 5) is 49.9. The number of carbonyl (C=O) groups excluding carboxylic acids is 4.